The van der Waals surface area contributed by atoms with Gasteiger partial charge in [-0.15, -0.1) is 0 Å². The molecule has 0 fully saturated rings. The molecular weight excluding hydrogens is 331 g/mol. The molecule has 0 aliphatic heterocycles. The highest BCUT2D eigenvalue weighted by Gasteiger charge is 2.16. The lowest BCUT2D eigenvalue weighted by Gasteiger charge is -2.19. The lowest BCUT2D eigenvalue weighted by molar-refractivity contribution is -0.129. The first-order valence-corrected chi connectivity index (χ1v) is 7.78. The molecule has 0 saturated heterocycles. The van der Waals surface area contributed by atoms with Crippen LogP contribution in [0.4, 0.5) is 4.39 Å². The third-order valence-corrected chi connectivity index (χ3v) is 4.03. The topological polar surface area (TPSA) is 49.4 Å². The quantitative estimate of drug-likeness (QED) is 0.902. The van der Waals surface area contributed by atoms with E-state index in [-0.39, 0.29) is 35.5 Å². The highest BCUT2D eigenvalue weighted by Crippen LogP contribution is 2.20. The fourth-order valence-corrected chi connectivity index (χ4v) is 2.45. The summed E-state index contributed by atoms with van der Waals surface area (Å²) < 4.78 is 13.8. The van der Waals surface area contributed by atoms with E-state index in [0.717, 1.165) is 5.56 Å². The minimum Gasteiger partial charge on any atom is -0.343 e. The van der Waals surface area contributed by atoms with Crippen molar-refractivity contribution in [1.29, 1.82) is 0 Å². The predicted octanol–water partition coefficient (Wildman–Crippen LogP) is 3.18. The summed E-state index contributed by atoms with van der Waals surface area (Å²) >= 11 is 5.96. The molecule has 0 aromatic heterocycles. The van der Waals surface area contributed by atoms with E-state index in [1.807, 2.05) is 19.1 Å². The minimum atomic E-state index is -0.467. The van der Waals surface area contributed by atoms with E-state index in [0.29, 0.717) is 5.56 Å². The number of nitrogens with zero attached hydrogens (tertiary/aromatic N) is 1. The molecule has 0 aliphatic rings. The zero-order valence-electron chi connectivity index (χ0n) is 13.5. The van der Waals surface area contributed by atoms with Crippen LogP contribution >= 0.6 is 11.6 Å². The standard InChI is InChI=1S/C18H18ClFN2O2/c1-12-6-3-4-7-13(12)18(24)21-10-17(23)22(2)11-14-15(19)8-5-9-16(14)20/h3-9H,10-11H2,1-2H3,(H,21,24). The van der Waals surface area contributed by atoms with Crippen LogP contribution in [-0.2, 0) is 11.3 Å². The molecule has 126 valence electrons. The molecule has 6 heteroatoms. The summed E-state index contributed by atoms with van der Waals surface area (Å²) in [6, 6.07) is 11.5. The number of aryl methyl sites for hydroxylation is 1. The smallest absolute Gasteiger partial charge is 0.251 e. The highest BCUT2D eigenvalue weighted by atomic mass is 35.5. The summed E-state index contributed by atoms with van der Waals surface area (Å²) in [5.74, 6) is -1.12. The van der Waals surface area contributed by atoms with Crippen molar-refractivity contribution in [1.82, 2.24) is 10.2 Å². The number of halogens is 2. The molecule has 0 spiro atoms. The van der Waals surface area contributed by atoms with Crippen LogP contribution in [-0.4, -0.2) is 30.3 Å². The number of rotatable bonds is 5. The van der Waals surface area contributed by atoms with Crippen molar-refractivity contribution in [2.24, 2.45) is 0 Å². The second-order valence-corrected chi connectivity index (χ2v) is 5.85. The maximum atomic E-state index is 13.8. The van der Waals surface area contributed by atoms with Gasteiger partial charge in [0.25, 0.3) is 5.91 Å². The molecular formula is C18H18ClFN2O2. The zero-order chi connectivity index (χ0) is 17.7. The fourth-order valence-electron chi connectivity index (χ4n) is 2.22. The van der Waals surface area contributed by atoms with Crippen LogP contribution in [0.25, 0.3) is 0 Å². The average molecular weight is 349 g/mol. The first-order chi connectivity index (χ1) is 11.4. The Hall–Kier alpha value is -2.40. The molecule has 4 nitrogen and oxygen atoms in total. The Labute approximate surface area is 145 Å². The van der Waals surface area contributed by atoms with Gasteiger partial charge in [-0.25, -0.2) is 4.39 Å². The Bertz CT molecular complexity index is 744. The van der Waals surface area contributed by atoms with Crippen molar-refractivity contribution in [2.75, 3.05) is 13.6 Å². The Morgan fingerprint density at radius 3 is 2.54 bits per heavy atom. The summed E-state index contributed by atoms with van der Waals surface area (Å²) in [4.78, 5) is 25.6. The van der Waals surface area contributed by atoms with Crippen molar-refractivity contribution < 1.29 is 14.0 Å². The van der Waals surface area contributed by atoms with Gasteiger partial charge in [-0.2, -0.15) is 0 Å². The number of amides is 2. The molecule has 0 radical (unpaired) electrons. The molecule has 2 rings (SSSR count). The fraction of sp³-hybridized carbons (Fsp3) is 0.222. The summed E-state index contributed by atoms with van der Waals surface area (Å²) in [7, 11) is 1.53. The van der Waals surface area contributed by atoms with Crippen LogP contribution in [0.15, 0.2) is 42.5 Å². The number of hydrogen-bond acceptors (Lipinski definition) is 2. The third-order valence-electron chi connectivity index (χ3n) is 3.67. The Morgan fingerprint density at radius 2 is 1.88 bits per heavy atom. The van der Waals surface area contributed by atoms with Gasteiger partial charge in [0, 0.05) is 29.7 Å². The molecule has 0 unspecified atom stereocenters. The number of benzene rings is 2. The summed E-state index contributed by atoms with van der Waals surface area (Å²) in [6.45, 7) is 1.68. The second-order valence-electron chi connectivity index (χ2n) is 5.45. The lowest BCUT2D eigenvalue weighted by atomic mass is 10.1. The van der Waals surface area contributed by atoms with Gasteiger partial charge in [0.1, 0.15) is 5.82 Å². The Morgan fingerprint density at radius 1 is 1.17 bits per heavy atom. The summed E-state index contributed by atoms with van der Waals surface area (Å²) in [5.41, 5.74) is 1.60. The minimum absolute atomic E-state index is 0.0323. The van der Waals surface area contributed by atoms with Crippen LogP contribution < -0.4 is 5.32 Å². The second kappa shape index (κ2) is 7.93. The molecule has 1 N–H and O–H groups in total. The van der Waals surface area contributed by atoms with Gasteiger partial charge in [0.05, 0.1) is 6.54 Å². The van der Waals surface area contributed by atoms with Crippen molar-refractivity contribution >= 4 is 23.4 Å². The molecule has 0 atom stereocenters. The normalized spacial score (nSPS) is 10.3. The van der Waals surface area contributed by atoms with Gasteiger partial charge >= 0.3 is 0 Å². The van der Waals surface area contributed by atoms with Gasteiger partial charge in [-0.3, -0.25) is 9.59 Å². The van der Waals surface area contributed by atoms with E-state index in [9.17, 15) is 14.0 Å². The van der Waals surface area contributed by atoms with E-state index >= 15 is 0 Å². The van der Waals surface area contributed by atoms with E-state index in [4.69, 9.17) is 11.6 Å². The molecule has 24 heavy (non-hydrogen) atoms. The lowest BCUT2D eigenvalue weighted by Crippen LogP contribution is -2.38. The van der Waals surface area contributed by atoms with Crippen LogP contribution in [0, 0.1) is 12.7 Å². The van der Waals surface area contributed by atoms with Crippen LogP contribution in [0.3, 0.4) is 0 Å². The number of hydrogen-bond donors (Lipinski definition) is 1. The van der Waals surface area contributed by atoms with Crippen molar-refractivity contribution in [3.05, 3.63) is 70.0 Å². The molecule has 0 aliphatic carbocycles. The molecule has 0 bridgehead atoms. The van der Waals surface area contributed by atoms with Gasteiger partial charge in [0.2, 0.25) is 5.91 Å². The van der Waals surface area contributed by atoms with Crippen molar-refractivity contribution in [3.8, 4) is 0 Å². The van der Waals surface area contributed by atoms with E-state index < -0.39 is 5.82 Å². The van der Waals surface area contributed by atoms with E-state index in [2.05, 4.69) is 5.32 Å². The molecule has 2 aromatic rings. The highest BCUT2D eigenvalue weighted by molar-refractivity contribution is 6.31. The summed E-state index contributed by atoms with van der Waals surface area (Å²) in [6.07, 6.45) is 0. The third kappa shape index (κ3) is 4.32. The van der Waals surface area contributed by atoms with Crippen LogP contribution in [0.2, 0.25) is 5.02 Å². The molecule has 0 heterocycles. The molecule has 2 amide bonds. The zero-order valence-corrected chi connectivity index (χ0v) is 14.2. The van der Waals surface area contributed by atoms with Gasteiger partial charge in [0.15, 0.2) is 0 Å². The number of nitrogens with one attached hydrogen (secondary N) is 1. The maximum Gasteiger partial charge on any atom is 0.251 e. The predicted molar refractivity (Wildman–Crippen MR) is 91.4 cm³/mol. The average Bonchev–Trinajstić information content (AvgIpc) is 2.56. The molecule has 0 saturated carbocycles. The van der Waals surface area contributed by atoms with Crippen LogP contribution in [0.5, 0.6) is 0 Å². The summed E-state index contributed by atoms with van der Waals surface area (Å²) in [5, 5.41) is 2.84. The van der Waals surface area contributed by atoms with Crippen molar-refractivity contribution in [3.63, 3.8) is 0 Å². The van der Waals surface area contributed by atoms with Gasteiger partial charge in [-0.05, 0) is 30.7 Å². The maximum absolute atomic E-state index is 13.8. The number of carbonyl (C=O) groups excluding carboxylic acids is 2. The Kier molecular flexibility index (Phi) is 5.93. The largest absolute Gasteiger partial charge is 0.343 e. The van der Waals surface area contributed by atoms with Gasteiger partial charge in [-0.1, -0.05) is 35.9 Å². The van der Waals surface area contributed by atoms with E-state index in [1.54, 1.807) is 18.2 Å². The van der Waals surface area contributed by atoms with Gasteiger partial charge < -0.3 is 10.2 Å². The molecule has 2 aromatic carbocycles. The van der Waals surface area contributed by atoms with Crippen molar-refractivity contribution in [2.45, 2.75) is 13.5 Å². The number of carbonyl (C=O) groups is 2. The SMILES string of the molecule is Cc1ccccc1C(=O)NCC(=O)N(C)Cc1c(F)cccc1Cl. The first-order valence-electron chi connectivity index (χ1n) is 7.41. The first kappa shape index (κ1) is 17.9. The number of likely N-dealkylation sites (N-methyl/N-ethyl adjacent to an activating group) is 1. The Balaban J connectivity index is 1.95. The van der Waals surface area contributed by atoms with Crippen LogP contribution in [0.1, 0.15) is 21.5 Å². The monoisotopic (exact) mass is 348 g/mol. The van der Waals surface area contributed by atoms with E-state index in [1.165, 1.54) is 24.1 Å².